The molecule has 2 rings (SSSR count). The van der Waals surface area contributed by atoms with Crippen molar-refractivity contribution in [2.45, 2.75) is 39.0 Å². The number of hydrogen-bond donors (Lipinski definition) is 2. The van der Waals surface area contributed by atoms with Gasteiger partial charge in [0, 0.05) is 46.1 Å². The highest BCUT2D eigenvalue weighted by Gasteiger charge is 2.13. The zero-order chi connectivity index (χ0) is 19.9. The van der Waals surface area contributed by atoms with Gasteiger partial charge in [-0.25, -0.2) is 0 Å². The van der Waals surface area contributed by atoms with Crippen LogP contribution in [0.3, 0.4) is 0 Å². The molecule has 2 N–H and O–H groups in total. The van der Waals surface area contributed by atoms with Crippen LogP contribution in [0.2, 0.25) is 0 Å². The van der Waals surface area contributed by atoms with E-state index in [0.717, 1.165) is 89.9 Å². The van der Waals surface area contributed by atoms with Crippen LogP contribution < -0.4 is 15.4 Å². The van der Waals surface area contributed by atoms with E-state index in [0.29, 0.717) is 5.92 Å². The minimum atomic E-state index is 0.672. The maximum Gasteiger partial charge on any atom is 0.191 e. The lowest BCUT2D eigenvalue weighted by molar-refractivity contribution is 0.0203. The highest BCUT2D eigenvalue weighted by Crippen LogP contribution is 2.14. The van der Waals surface area contributed by atoms with Crippen molar-refractivity contribution in [3.8, 4) is 5.75 Å². The van der Waals surface area contributed by atoms with Gasteiger partial charge >= 0.3 is 0 Å². The fraction of sp³-hybridized carbons (Fsp3) is 0.682. The van der Waals surface area contributed by atoms with Gasteiger partial charge in [-0.2, -0.15) is 0 Å². The summed E-state index contributed by atoms with van der Waals surface area (Å²) in [6, 6.07) is 8.25. The molecule has 0 aliphatic carbocycles. The van der Waals surface area contributed by atoms with Gasteiger partial charge in [0.2, 0.25) is 0 Å². The van der Waals surface area contributed by atoms with Crippen molar-refractivity contribution in [2.24, 2.45) is 10.9 Å². The molecule has 158 valence electrons. The number of guanidine groups is 1. The van der Waals surface area contributed by atoms with Gasteiger partial charge in [0.05, 0.1) is 7.11 Å². The van der Waals surface area contributed by atoms with Crippen molar-refractivity contribution in [1.29, 1.82) is 0 Å². The van der Waals surface area contributed by atoms with Gasteiger partial charge in [-0.3, -0.25) is 4.99 Å². The van der Waals surface area contributed by atoms with Crippen molar-refractivity contribution in [3.63, 3.8) is 0 Å². The summed E-state index contributed by atoms with van der Waals surface area (Å²) in [5.41, 5.74) is 1.32. The molecule has 0 spiro atoms. The molecule has 0 unspecified atom stereocenters. The van der Waals surface area contributed by atoms with Crippen LogP contribution in [0.15, 0.2) is 29.3 Å². The van der Waals surface area contributed by atoms with E-state index in [9.17, 15) is 0 Å². The summed E-state index contributed by atoms with van der Waals surface area (Å²) >= 11 is 0. The number of methoxy groups -OCH3 is 1. The normalized spacial score (nSPS) is 15.4. The monoisotopic (exact) mass is 391 g/mol. The average molecular weight is 392 g/mol. The van der Waals surface area contributed by atoms with Crippen LogP contribution in [-0.4, -0.2) is 59.1 Å². The standard InChI is InChI=1S/C22H37N3O3/c1-3-23-22(24-13-4-6-19-7-9-21(26-2)10-8-19)25-14-5-15-28-18-20-11-16-27-17-12-20/h7-10,20H,3-6,11-18H2,1-2H3,(H2,23,24,25). The molecule has 1 fully saturated rings. The first-order valence-electron chi connectivity index (χ1n) is 10.6. The Kier molecular flexibility index (Phi) is 11.4. The Bertz CT molecular complexity index is 542. The molecule has 0 saturated carbocycles. The van der Waals surface area contributed by atoms with Gasteiger partial charge in [-0.1, -0.05) is 12.1 Å². The summed E-state index contributed by atoms with van der Waals surface area (Å²) in [7, 11) is 1.69. The van der Waals surface area contributed by atoms with Crippen LogP contribution in [0.1, 0.15) is 38.2 Å². The molecular formula is C22H37N3O3. The topological polar surface area (TPSA) is 64.1 Å². The van der Waals surface area contributed by atoms with E-state index in [2.05, 4.69) is 34.7 Å². The van der Waals surface area contributed by atoms with Gasteiger partial charge in [0.25, 0.3) is 0 Å². The molecule has 1 aliphatic heterocycles. The zero-order valence-corrected chi connectivity index (χ0v) is 17.5. The summed E-state index contributed by atoms with van der Waals surface area (Å²) in [5, 5.41) is 6.70. The molecular weight excluding hydrogens is 354 g/mol. The number of aryl methyl sites for hydroxylation is 1. The summed E-state index contributed by atoms with van der Waals surface area (Å²) < 4.78 is 16.4. The Balaban J connectivity index is 1.56. The quantitative estimate of drug-likeness (QED) is 0.326. The van der Waals surface area contributed by atoms with Crippen molar-refractivity contribution < 1.29 is 14.2 Å². The smallest absolute Gasteiger partial charge is 0.191 e. The zero-order valence-electron chi connectivity index (χ0n) is 17.5. The number of rotatable bonds is 12. The molecule has 0 aromatic heterocycles. The first-order chi connectivity index (χ1) is 13.8. The molecule has 1 aromatic rings. The fourth-order valence-electron chi connectivity index (χ4n) is 3.15. The van der Waals surface area contributed by atoms with Gasteiger partial charge in [0.15, 0.2) is 5.96 Å². The number of hydrogen-bond acceptors (Lipinski definition) is 4. The Morgan fingerprint density at radius 1 is 1.14 bits per heavy atom. The second kappa shape index (κ2) is 14.2. The molecule has 6 nitrogen and oxygen atoms in total. The van der Waals surface area contributed by atoms with Crippen LogP contribution in [0.4, 0.5) is 0 Å². The first kappa shape index (κ1) is 22.5. The molecule has 0 amide bonds. The maximum atomic E-state index is 5.81. The van der Waals surface area contributed by atoms with Gasteiger partial charge in [0.1, 0.15) is 5.75 Å². The largest absolute Gasteiger partial charge is 0.497 e. The van der Waals surface area contributed by atoms with Gasteiger partial charge < -0.3 is 24.8 Å². The minimum Gasteiger partial charge on any atom is -0.497 e. The molecule has 0 bridgehead atoms. The SMILES string of the molecule is CCNC(=NCCCc1ccc(OC)cc1)NCCCOCC1CCOCC1. The maximum absolute atomic E-state index is 5.81. The Hall–Kier alpha value is -1.79. The second-order valence-electron chi connectivity index (χ2n) is 7.12. The van der Waals surface area contributed by atoms with Crippen LogP contribution in [0.25, 0.3) is 0 Å². The molecule has 1 heterocycles. The molecule has 1 saturated heterocycles. The third kappa shape index (κ3) is 9.42. The molecule has 1 aliphatic rings. The Morgan fingerprint density at radius 2 is 1.93 bits per heavy atom. The third-order valence-corrected chi connectivity index (χ3v) is 4.85. The Labute approximate surface area is 170 Å². The number of nitrogens with zero attached hydrogens (tertiary/aromatic N) is 1. The van der Waals surface area contributed by atoms with E-state index in [1.54, 1.807) is 7.11 Å². The molecule has 28 heavy (non-hydrogen) atoms. The highest BCUT2D eigenvalue weighted by molar-refractivity contribution is 5.79. The van der Waals surface area contributed by atoms with E-state index < -0.39 is 0 Å². The van der Waals surface area contributed by atoms with Crippen molar-refractivity contribution in [3.05, 3.63) is 29.8 Å². The van der Waals surface area contributed by atoms with Crippen LogP contribution in [-0.2, 0) is 15.9 Å². The van der Waals surface area contributed by atoms with E-state index in [1.807, 2.05) is 12.1 Å². The lowest BCUT2D eigenvalue weighted by atomic mass is 10.0. The number of ether oxygens (including phenoxy) is 3. The number of aliphatic imine (C=N–C) groups is 1. The lowest BCUT2D eigenvalue weighted by Crippen LogP contribution is -2.38. The fourth-order valence-corrected chi connectivity index (χ4v) is 3.15. The summed E-state index contributed by atoms with van der Waals surface area (Å²) in [4.78, 5) is 4.67. The van der Waals surface area contributed by atoms with Crippen molar-refractivity contribution >= 4 is 5.96 Å². The number of nitrogens with one attached hydrogen (secondary N) is 2. The van der Waals surface area contributed by atoms with Crippen LogP contribution in [0.5, 0.6) is 5.75 Å². The predicted octanol–water partition coefficient (Wildman–Crippen LogP) is 3.02. The summed E-state index contributed by atoms with van der Waals surface area (Å²) in [5.74, 6) is 2.46. The minimum absolute atomic E-state index is 0.672. The first-order valence-corrected chi connectivity index (χ1v) is 10.6. The molecule has 6 heteroatoms. The number of benzene rings is 1. The molecule has 0 atom stereocenters. The van der Waals surface area contributed by atoms with Gasteiger partial charge in [-0.15, -0.1) is 0 Å². The van der Waals surface area contributed by atoms with Crippen molar-refractivity contribution in [1.82, 2.24) is 10.6 Å². The van der Waals surface area contributed by atoms with E-state index in [1.165, 1.54) is 5.56 Å². The highest BCUT2D eigenvalue weighted by atomic mass is 16.5. The molecule has 0 radical (unpaired) electrons. The van der Waals surface area contributed by atoms with E-state index >= 15 is 0 Å². The molecule has 1 aromatic carbocycles. The third-order valence-electron chi connectivity index (χ3n) is 4.85. The van der Waals surface area contributed by atoms with Crippen molar-refractivity contribution in [2.75, 3.05) is 53.2 Å². The van der Waals surface area contributed by atoms with Gasteiger partial charge in [-0.05, 0) is 62.6 Å². The predicted molar refractivity (Wildman–Crippen MR) is 114 cm³/mol. The second-order valence-corrected chi connectivity index (χ2v) is 7.12. The van der Waals surface area contributed by atoms with Crippen LogP contribution in [0, 0.1) is 5.92 Å². The average Bonchev–Trinajstić information content (AvgIpc) is 2.74. The van der Waals surface area contributed by atoms with E-state index in [4.69, 9.17) is 14.2 Å². The summed E-state index contributed by atoms with van der Waals surface area (Å²) in [6.07, 6.45) is 5.29. The summed E-state index contributed by atoms with van der Waals surface area (Å²) in [6.45, 7) is 8.06. The van der Waals surface area contributed by atoms with Crippen LogP contribution >= 0.6 is 0 Å². The van der Waals surface area contributed by atoms with E-state index in [-0.39, 0.29) is 0 Å². The lowest BCUT2D eigenvalue weighted by Gasteiger charge is -2.21. The Morgan fingerprint density at radius 3 is 2.64 bits per heavy atom.